The number of nitrogens with one attached hydrogen (secondary N) is 1. The third kappa shape index (κ3) is 8.46. The topological polar surface area (TPSA) is 149 Å². The van der Waals surface area contributed by atoms with Gasteiger partial charge in [0, 0.05) is 19.4 Å². The smallest absolute Gasteiger partial charge is 0.407 e. The predicted molar refractivity (Wildman–Crippen MR) is 173 cm³/mol. The zero-order chi connectivity index (χ0) is 33.9. The molecule has 2 fully saturated rings. The molecule has 2 unspecified atom stereocenters. The van der Waals surface area contributed by atoms with Gasteiger partial charge >= 0.3 is 18.0 Å². The Hall–Kier alpha value is -5.03. The summed E-state index contributed by atoms with van der Waals surface area (Å²) in [5.41, 5.74) is 0.986. The summed E-state index contributed by atoms with van der Waals surface area (Å²) in [6, 6.07) is 27.3. The van der Waals surface area contributed by atoms with Gasteiger partial charge in [0.2, 0.25) is 5.91 Å². The zero-order valence-corrected chi connectivity index (χ0v) is 26.6. The average molecular weight is 657 g/mol. The van der Waals surface area contributed by atoms with E-state index in [1.165, 1.54) is 4.90 Å². The second-order valence-corrected chi connectivity index (χ2v) is 12.1. The van der Waals surface area contributed by atoms with Crippen molar-refractivity contribution in [1.29, 1.82) is 0 Å². The molecule has 0 radical (unpaired) electrons. The van der Waals surface area contributed by atoms with Crippen molar-refractivity contribution < 1.29 is 43.3 Å². The Kier molecular flexibility index (Phi) is 11.6. The summed E-state index contributed by atoms with van der Waals surface area (Å²) in [5, 5.41) is 13.8. The highest BCUT2D eigenvalue weighted by Gasteiger charge is 2.61. The van der Waals surface area contributed by atoms with Gasteiger partial charge in [-0.05, 0) is 36.0 Å². The average Bonchev–Trinajstić information content (AvgIpc) is 3.65. The van der Waals surface area contributed by atoms with Crippen molar-refractivity contribution in [3.05, 3.63) is 108 Å². The van der Waals surface area contributed by atoms with Crippen molar-refractivity contribution >= 4 is 29.7 Å². The van der Waals surface area contributed by atoms with Crippen LogP contribution < -0.4 is 5.32 Å². The van der Waals surface area contributed by atoms with Gasteiger partial charge in [-0.15, -0.1) is 0 Å². The van der Waals surface area contributed by atoms with E-state index in [-0.39, 0.29) is 45.6 Å². The van der Waals surface area contributed by atoms with Crippen LogP contribution in [0, 0.1) is 11.8 Å². The number of hydrogen-bond donors (Lipinski definition) is 2. The number of amides is 2. The fourth-order valence-electron chi connectivity index (χ4n) is 6.60. The van der Waals surface area contributed by atoms with Gasteiger partial charge in [-0.3, -0.25) is 19.2 Å². The number of hydrogen-bond acceptors (Lipinski definition) is 9. The molecule has 1 saturated carbocycles. The quantitative estimate of drug-likeness (QED) is 0.205. The SMILES string of the molecule is O=C(CC[C@@H](C(=O)OCc1ccccc1)C1C(=O)[C@@]2(CCCN2C(=O)CNC(=O)OCc2ccccc2)CC1O)OCc1ccccc1. The molecule has 2 aliphatic rings. The number of alkyl carbamates (subject to hydrolysis) is 1. The van der Waals surface area contributed by atoms with Crippen molar-refractivity contribution in [2.75, 3.05) is 13.1 Å². The third-order valence-corrected chi connectivity index (χ3v) is 8.97. The van der Waals surface area contributed by atoms with Gasteiger partial charge in [0.05, 0.1) is 17.9 Å². The highest BCUT2D eigenvalue weighted by Crippen LogP contribution is 2.46. The van der Waals surface area contributed by atoms with Gasteiger partial charge in [0.25, 0.3) is 0 Å². The van der Waals surface area contributed by atoms with Crippen molar-refractivity contribution in [2.24, 2.45) is 11.8 Å². The molecule has 11 nitrogen and oxygen atoms in total. The summed E-state index contributed by atoms with van der Waals surface area (Å²) in [4.78, 5) is 67.6. The van der Waals surface area contributed by atoms with Gasteiger partial charge in [-0.2, -0.15) is 0 Å². The Morgan fingerprint density at radius 1 is 0.812 bits per heavy atom. The number of aliphatic hydroxyl groups is 1. The number of carbonyl (C=O) groups excluding carboxylic acids is 5. The molecule has 48 heavy (non-hydrogen) atoms. The Balaban J connectivity index is 1.25. The minimum absolute atomic E-state index is 0.0302. The lowest BCUT2D eigenvalue weighted by Crippen LogP contribution is -2.54. The van der Waals surface area contributed by atoms with Crippen LogP contribution in [0.15, 0.2) is 91.0 Å². The molecule has 3 aromatic rings. The molecule has 5 rings (SSSR count). The molecular formula is C37H40N2O9. The largest absolute Gasteiger partial charge is 0.461 e. The highest BCUT2D eigenvalue weighted by molar-refractivity contribution is 6.00. The minimum atomic E-state index is -1.34. The maximum absolute atomic E-state index is 14.2. The molecule has 1 aliphatic carbocycles. The number of ketones is 1. The van der Waals surface area contributed by atoms with E-state index in [1.807, 2.05) is 54.6 Å². The van der Waals surface area contributed by atoms with E-state index in [2.05, 4.69) is 5.32 Å². The van der Waals surface area contributed by atoms with Crippen LogP contribution in [0.1, 0.15) is 48.8 Å². The summed E-state index contributed by atoms with van der Waals surface area (Å²) in [6.45, 7) is -0.115. The second-order valence-electron chi connectivity index (χ2n) is 12.1. The van der Waals surface area contributed by atoms with Gasteiger partial charge in [0.1, 0.15) is 31.9 Å². The predicted octanol–water partition coefficient (Wildman–Crippen LogP) is 4.11. The van der Waals surface area contributed by atoms with Crippen LogP contribution >= 0.6 is 0 Å². The number of likely N-dealkylation sites (tertiary alicyclic amines) is 1. The van der Waals surface area contributed by atoms with E-state index in [9.17, 15) is 29.1 Å². The van der Waals surface area contributed by atoms with E-state index in [4.69, 9.17) is 14.2 Å². The van der Waals surface area contributed by atoms with Crippen LogP contribution in [-0.2, 0) is 53.2 Å². The van der Waals surface area contributed by atoms with Crippen molar-refractivity contribution in [3.63, 3.8) is 0 Å². The molecule has 1 saturated heterocycles. The number of rotatable bonds is 13. The van der Waals surface area contributed by atoms with Crippen LogP contribution in [0.4, 0.5) is 4.79 Å². The summed E-state index contributed by atoms with van der Waals surface area (Å²) in [6.07, 6.45) is -1.58. The third-order valence-electron chi connectivity index (χ3n) is 8.97. The van der Waals surface area contributed by atoms with E-state index < -0.39 is 59.7 Å². The molecule has 4 atom stereocenters. The first-order chi connectivity index (χ1) is 23.3. The number of ether oxygens (including phenoxy) is 3. The molecule has 2 amide bonds. The molecular weight excluding hydrogens is 616 g/mol. The van der Waals surface area contributed by atoms with Gasteiger partial charge in [0.15, 0.2) is 5.78 Å². The molecule has 0 aromatic heterocycles. The van der Waals surface area contributed by atoms with E-state index >= 15 is 0 Å². The molecule has 252 valence electrons. The lowest BCUT2D eigenvalue weighted by molar-refractivity contribution is -0.157. The number of Topliss-reactive ketones (excluding diaryl/α,β-unsaturated/α-hetero) is 1. The summed E-state index contributed by atoms with van der Waals surface area (Å²) in [5.74, 6) is -4.58. The van der Waals surface area contributed by atoms with E-state index in [0.29, 0.717) is 12.8 Å². The standard InChI is InChI=1S/C37H40N2O9/c40-30-21-37(19-10-20-39(37)31(41)22-38-36(45)48-25-28-15-8-3-9-16-28)34(43)33(30)29(35(44)47-24-27-13-6-2-7-14-27)17-18-32(42)46-23-26-11-4-1-5-12-26/h1-9,11-16,29-30,33,40H,10,17-25H2,(H,38,45)/t29-,30?,33?,37-/m1/s1. The monoisotopic (exact) mass is 656 g/mol. The fourth-order valence-corrected chi connectivity index (χ4v) is 6.60. The molecule has 0 bridgehead atoms. The molecule has 11 heteroatoms. The molecule has 2 N–H and O–H groups in total. The lowest BCUT2D eigenvalue weighted by atomic mass is 9.82. The highest BCUT2D eigenvalue weighted by atomic mass is 16.5. The zero-order valence-electron chi connectivity index (χ0n) is 26.6. The fraction of sp³-hybridized carbons (Fsp3) is 0.378. The Morgan fingerprint density at radius 3 is 1.94 bits per heavy atom. The molecule has 3 aromatic carbocycles. The van der Waals surface area contributed by atoms with E-state index in [0.717, 1.165) is 16.7 Å². The Morgan fingerprint density at radius 2 is 1.35 bits per heavy atom. The lowest BCUT2D eigenvalue weighted by Gasteiger charge is -2.34. The molecule has 1 aliphatic heterocycles. The number of esters is 2. The van der Waals surface area contributed by atoms with Crippen molar-refractivity contribution in [3.8, 4) is 0 Å². The summed E-state index contributed by atoms with van der Waals surface area (Å²) in [7, 11) is 0. The first kappa shape index (κ1) is 34.3. The first-order valence-electron chi connectivity index (χ1n) is 16.1. The molecule has 1 spiro atoms. The van der Waals surface area contributed by atoms with Crippen molar-refractivity contribution in [1.82, 2.24) is 10.2 Å². The summed E-state index contributed by atoms with van der Waals surface area (Å²) < 4.78 is 16.2. The van der Waals surface area contributed by atoms with Gasteiger partial charge in [-0.1, -0.05) is 91.0 Å². The Labute approximate surface area is 279 Å². The maximum atomic E-state index is 14.2. The van der Waals surface area contributed by atoms with Crippen LogP contribution in [0.5, 0.6) is 0 Å². The van der Waals surface area contributed by atoms with Crippen LogP contribution in [0.25, 0.3) is 0 Å². The maximum Gasteiger partial charge on any atom is 0.407 e. The molecule has 1 heterocycles. The van der Waals surface area contributed by atoms with Crippen molar-refractivity contribution in [2.45, 2.75) is 63.6 Å². The minimum Gasteiger partial charge on any atom is -0.461 e. The Bertz CT molecular complexity index is 1570. The number of carbonyl (C=O) groups is 5. The van der Waals surface area contributed by atoms with Crippen LogP contribution in [0.3, 0.4) is 0 Å². The van der Waals surface area contributed by atoms with E-state index in [1.54, 1.807) is 36.4 Å². The van der Waals surface area contributed by atoms with Crippen LogP contribution in [-0.4, -0.2) is 64.5 Å². The number of nitrogens with zero attached hydrogens (tertiary/aromatic N) is 1. The summed E-state index contributed by atoms with van der Waals surface area (Å²) >= 11 is 0. The van der Waals surface area contributed by atoms with Crippen LogP contribution in [0.2, 0.25) is 0 Å². The normalized spacial score (nSPS) is 20.7. The number of aliphatic hydroxyl groups excluding tert-OH is 1. The number of benzene rings is 3. The van der Waals surface area contributed by atoms with Gasteiger partial charge < -0.3 is 29.5 Å². The first-order valence-corrected chi connectivity index (χ1v) is 16.1. The van der Waals surface area contributed by atoms with Gasteiger partial charge in [-0.25, -0.2) is 4.79 Å². The second kappa shape index (κ2) is 16.2.